The van der Waals surface area contributed by atoms with Crippen molar-refractivity contribution in [2.24, 2.45) is 0 Å². The Morgan fingerprint density at radius 3 is 2.28 bits per heavy atom. The topological polar surface area (TPSA) is 101 Å². The lowest BCUT2D eigenvalue weighted by molar-refractivity contribution is -0.137. The van der Waals surface area contributed by atoms with Crippen molar-refractivity contribution in [2.75, 3.05) is 0 Å². The van der Waals surface area contributed by atoms with Crippen LogP contribution in [-0.2, 0) is 14.8 Å². The van der Waals surface area contributed by atoms with E-state index in [0.717, 1.165) is 25.7 Å². The number of carboxylic acid groups (broad SMARTS) is 1. The molecule has 0 aromatic heterocycles. The lowest BCUT2D eigenvalue weighted by atomic mass is 10.0. The highest BCUT2D eigenvalue weighted by Crippen LogP contribution is 2.22. The van der Waals surface area contributed by atoms with Crippen LogP contribution in [0.1, 0.15) is 74.2 Å². The molecule has 0 radical (unpaired) electrons. The summed E-state index contributed by atoms with van der Waals surface area (Å²) >= 11 is 5.89. The number of aliphatic carboxylic acids is 1. The number of carboxylic acids is 1. The molecule has 0 spiro atoms. The van der Waals surface area contributed by atoms with Crippen molar-refractivity contribution in [3.8, 4) is 0 Å². The van der Waals surface area contributed by atoms with Gasteiger partial charge in [-0.25, -0.2) is 13.1 Å². The van der Waals surface area contributed by atoms with Crippen molar-refractivity contribution < 1.29 is 23.1 Å². The van der Waals surface area contributed by atoms with E-state index in [1.165, 1.54) is 12.1 Å². The maximum Gasteiger partial charge on any atom is 0.303 e. The number of rotatable bonds is 14. The van der Waals surface area contributed by atoms with E-state index < -0.39 is 16.0 Å². The molecule has 0 aliphatic rings. The fraction of sp³-hybridized carbons (Fsp3) is 0.417. The molecule has 0 saturated heterocycles. The van der Waals surface area contributed by atoms with Gasteiger partial charge in [0.1, 0.15) is 0 Å². The number of benzene rings is 2. The molecule has 2 N–H and O–H groups in total. The molecule has 0 bridgehead atoms. The van der Waals surface area contributed by atoms with Gasteiger partial charge < -0.3 is 5.11 Å². The van der Waals surface area contributed by atoms with E-state index in [0.29, 0.717) is 29.8 Å². The summed E-state index contributed by atoms with van der Waals surface area (Å²) in [6.07, 6.45) is 5.39. The molecule has 0 amide bonds. The minimum absolute atomic E-state index is 0.0393. The molecular weight excluding hydrogens is 450 g/mol. The summed E-state index contributed by atoms with van der Waals surface area (Å²) in [7, 11) is -3.91. The van der Waals surface area contributed by atoms with Crippen molar-refractivity contribution in [1.29, 1.82) is 0 Å². The Hall–Kier alpha value is -2.22. The van der Waals surface area contributed by atoms with Crippen LogP contribution in [0, 0.1) is 0 Å². The molecule has 0 aliphatic carbocycles. The molecular formula is C24H30ClNO5S. The first kappa shape index (κ1) is 26.0. The summed E-state index contributed by atoms with van der Waals surface area (Å²) in [5.41, 5.74) is 0.481. The predicted octanol–water partition coefficient (Wildman–Crippen LogP) is 5.44. The summed E-state index contributed by atoms with van der Waals surface area (Å²) in [5, 5.41) is 9.20. The maximum absolute atomic E-state index is 13.2. The summed E-state index contributed by atoms with van der Waals surface area (Å²) in [6.45, 7) is 1.99. The van der Waals surface area contributed by atoms with Crippen LogP contribution in [0.2, 0.25) is 5.02 Å². The summed E-state index contributed by atoms with van der Waals surface area (Å²) in [6, 6.07) is 12.3. The maximum atomic E-state index is 13.2. The molecule has 6 nitrogen and oxygen atoms in total. The fourth-order valence-corrected chi connectivity index (χ4v) is 5.19. The van der Waals surface area contributed by atoms with E-state index >= 15 is 0 Å². The Labute approximate surface area is 195 Å². The molecule has 0 heterocycles. The number of hydrogen-bond acceptors (Lipinski definition) is 4. The zero-order valence-electron chi connectivity index (χ0n) is 18.2. The number of sulfonamides is 1. The Morgan fingerprint density at radius 1 is 0.969 bits per heavy atom. The molecule has 174 valence electrons. The van der Waals surface area contributed by atoms with Crippen molar-refractivity contribution >= 4 is 33.4 Å². The van der Waals surface area contributed by atoms with Gasteiger partial charge in [0.2, 0.25) is 10.0 Å². The number of hydrogen-bond donors (Lipinski definition) is 2. The van der Waals surface area contributed by atoms with Crippen LogP contribution in [0.25, 0.3) is 0 Å². The van der Waals surface area contributed by atoms with Crippen LogP contribution in [0.15, 0.2) is 53.4 Å². The Morgan fingerprint density at radius 2 is 1.62 bits per heavy atom. The first-order valence-corrected chi connectivity index (χ1v) is 12.7. The summed E-state index contributed by atoms with van der Waals surface area (Å²) in [4.78, 5) is 23.5. The van der Waals surface area contributed by atoms with Crippen molar-refractivity contribution in [2.45, 2.75) is 69.2 Å². The second kappa shape index (κ2) is 12.7. The van der Waals surface area contributed by atoms with Gasteiger partial charge in [-0.05, 0) is 55.7 Å². The molecule has 0 saturated carbocycles. The zero-order valence-corrected chi connectivity index (χ0v) is 19.8. The van der Waals surface area contributed by atoms with Gasteiger partial charge in [0.15, 0.2) is 5.78 Å². The van der Waals surface area contributed by atoms with Gasteiger partial charge in [0.05, 0.1) is 4.90 Å². The smallest absolute Gasteiger partial charge is 0.303 e. The van der Waals surface area contributed by atoms with Gasteiger partial charge in [0, 0.05) is 28.6 Å². The molecule has 32 heavy (non-hydrogen) atoms. The van der Waals surface area contributed by atoms with Crippen molar-refractivity contribution in [3.05, 3.63) is 64.7 Å². The van der Waals surface area contributed by atoms with Crippen molar-refractivity contribution in [3.63, 3.8) is 0 Å². The van der Waals surface area contributed by atoms with Crippen LogP contribution in [-0.4, -0.2) is 31.3 Å². The third-order valence-electron chi connectivity index (χ3n) is 5.18. The number of carbonyl (C=O) groups is 2. The minimum Gasteiger partial charge on any atom is -0.481 e. The fourth-order valence-electron chi connectivity index (χ4n) is 3.56. The molecule has 2 rings (SSSR count). The molecule has 2 aromatic carbocycles. The van der Waals surface area contributed by atoms with Gasteiger partial charge in [-0.2, -0.15) is 0 Å². The first-order chi connectivity index (χ1) is 15.2. The standard InChI is InChI=1S/C24H30ClNO5S/c1-2-9-20(10-5-3-4-6-13-23(27)28)26-32(30,31)22-12-8-7-11-21(22)24(29)18-14-16-19(25)17-15-18/h7-8,11-12,14-17,20,26H,2-6,9-10,13H2,1H3,(H,27,28). The second-order valence-electron chi connectivity index (χ2n) is 7.79. The highest BCUT2D eigenvalue weighted by molar-refractivity contribution is 7.89. The first-order valence-electron chi connectivity index (χ1n) is 10.9. The average molecular weight is 480 g/mol. The molecule has 0 aliphatic heterocycles. The number of unbranched alkanes of at least 4 members (excludes halogenated alkanes) is 3. The van der Waals surface area contributed by atoms with Gasteiger partial charge in [-0.1, -0.05) is 56.3 Å². The van der Waals surface area contributed by atoms with Crippen LogP contribution >= 0.6 is 11.6 Å². The van der Waals surface area contributed by atoms with Crippen LogP contribution < -0.4 is 4.72 Å². The second-order valence-corrected chi connectivity index (χ2v) is 9.90. The van der Waals surface area contributed by atoms with E-state index in [2.05, 4.69) is 4.72 Å². The molecule has 0 fully saturated rings. The molecule has 8 heteroatoms. The zero-order chi connectivity index (χ0) is 23.6. The van der Waals surface area contributed by atoms with Crippen LogP contribution in [0.3, 0.4) is 0 Å². The van der Waals surface area contributed by atoms with Gasteiger partial charge in [0.25, 0.3) is 0 Å². The Bertz CT molecular complexity index is 1010. The number of carbonyl (C=O) groups excluding carboxylic acids is 1. The average Bonchev–Trinajstić information content (AvgIpc) is 2.76. The van der Waals surface area contributed by atoms with E-state index in [1.807, 2.05) is 6.92 Å². The van der Waals surface area contributed by atoms with E-state index in [9.17, 15) is 18.0 Å². The Balaban J connectivity index is 2.11. The quantitative estimate of drug-likeness (QED) is 0.277. The molecule has 1 atom stereocenters. The van der Waals surface area contributed by atoms with Crippen LogP contribution in [0.4, 0.5) is 0 Å². The predicted molar refractivity (Wildman–Crippen MR) is 126 cm³/mol. The van der Waals surface area contributed by atoms with E-state index in [1.54, 1.807) is 36.4 Å². The lowest BCUT2D eigenvalue weighted by Gasteiger charge is -2.19. The van der Waals surface area contributed by atoms with Gasteiger partial charge in [-0.15, -0.1) is 0 Å². The molecule has 1 unspecified atom stereocenters. The van der Waals surface area contributed by atoms with E-state index in [4.69, 9.17) is 16.7 Å². The van der Waals surface area contributed by atoms with Gasteiger partial charge >= 0.3 is 5.97 Å². The third kappa shape index (κ3) is 8.04. The highest BCUT2D eigenvalue weighted by Gasteiger charge is 2.25. The summed E-state index contributed by atoms with van der Waals surface area (Å²) in [5.74, 6) is -1.18. The third-order valence-corrected chi connectivity index (χ3v) is 7.01. The normalized spacial score (nSPS) is 12.4. The van der Waals surface area contributed by atoms with E-state index in [-0.39, 0.29) is 28.7 Å². The monoisotopic (exact) mass is 479 g/mol. The van der Waals surface area contributed by atoms with Crippen molar-refractivity contribution in [1.82, 2.24) is 4.72 Å². The minimum atomic E-state index is -3.91. The Kier molecular flexibility index (Phi) is 10.4. The molecule has 2 aromatic rings. The largest absolute Gasteiger partial charge is 0.481 e. The summed E-state index contributed by atoms with van der Waals surface area (Å²) < 4.78 is 29.2. The highest BCUT2D eigenvalue weighted by atomic mass is 35.5. The number of halogens is 1. The number of nitrogens with one attached hydrogen (secondary N) is 1. The lowest BCUT2D eigenvalue weighted by Crippen LogP contribution is -2.35. The SMILES string of the molecule is CCCC(CCCCCCC(=O)O)NS(=O)(=O)c1ccccc1C(=O)c1ccc(Cl)cc1. The van der Waals surface area contributed by atoms with Crippen LogP contribution in [0.5, 0.6) is 0 Å². The van der Waals surface area contributed by atoms with Gasteiger partial charge in [-0.3, -0.25) is 9.59 Å². The number of ketones is 1.